The summed E-state index contributed by atoms with van der Waals surface area (Å²) in [6.45, 7) is -2.89. The van der Waals surface area contributed by atoms with E-state index in [0.29, 0.717) is 5.69 Å². The van der Waals surface area contributed by atoms with Gasteiger partial charge in [0, 0.05) is 17.8 Å². The third kappa shape index (κ3) is 3.40. The number of nitrogens with zero attached hydrogens (tertiary/aromatic N) is 2. The molecule has 0 spiro atoms. The van der Waals surface area contributed by atoms with Crippen LogP contribution in [0.25, 0.3) is 16.8 Å². The van der Waals surface area contributed by atoms with Crippen LogP contribution in [0.5, 0.6) is 5.75 Å². The highest BCUT2D eigenvalue weighted by Crippen LogP contribution is 2.23. The Hall–Kier alpha value is -3.22. The topological polar surface area (TPSA) is 64.3 Å². The molecule has 0 aliphatic rings. The molecule has 2 aromatic carbocycles. The van der Waals surface area contributed by atoms with Gasteiger partial charge in [-0.05, 0) is 29.8 Å². The van der Waals surface area contributed by atoms with E-state index in [1.54, 1.807) is 36.7 Å². The highest BCUT2D eigenvalue weighted by atomic mass is 19.3. The van der Waals surface area contributed by atoms with Gasteiger partial charge in [0.05, 0.1) is 17.4 Å². The van der Waals surface area contributed by atoms with Gasteiger partial charge >= 0.3 is 12.6 Å². The second-order valence-corrected chi connectivity index (χ2v) is 4.93. The minimum atomic E-state index is -2.89. The summed E-state index contributed by atoms with van der Waals surface area (Å²) in [5, 5.41) is 13.1. The number of benzene rings is 2. The Balaban J connectivity index is 1.86. The molecule has 1 aromatic heterocycles. The molecule has 0 amide bonds. The highest BCUT2D eigenvalue weighted by Gasteiger charge is 2.08. The van der Waals surface area contributed by atoms with Gasteiger partial charge in [0.25, 0.3) is 0 Å². The zero-order chi connectivity index (χ0) is 17.1. The number of carbonyl (C=O) groups is 1. The molecular formula is C17H12F2N2O3. The lowest BCUT2D eigenvalue weighted by Crippen LogP contribution is -2.02. The lowest BCUT2D eigenvalue weighted by Gasteiger charge is -2.06. The zero-order valence-corrected chi connectivity index (χ0v) is 12.3. The summed E-state index contributed by atoms with van der Waals surface area (Å²) >= 11 is 0. The number of halogens is 2. The SMILES string of the molecule is O=C(O)c1ccc(-c2cnn(-c3cccc(OC(F)F)c3)c2)cc1. The van der Waals surface area contributed by atoms with Gasteiger partial charge in [-0.15, -0.1) is 0 Å². The first-order valence-electron chi connectivity index (χ1n) is 6.96. The summed E-state index contributed by atoms with van der Waals surface area (Å²) in [6, 6.07) is 12.6. The largest absolute Gasteiger partial charge is 0.478 e. The standard InChI is InChI=1S/C17H12F2N2O3/c18-17(19)24-15-3-1-2-14(8-15)21-10-13(9-20-21)11-4-6-12(7-5-11)16(22)23/h1-10,17H,(H,22,23). The second kappa shape index (κ2) is 6.49. The van der Waals surface area contributed by atoms with Crippen LogP contribution in [0.3, 0.4) is 0 Å². The molecule has 1 heterocycles. The van der Waals surface area contributed by atoms with Crippen LogP contribution in [-0.4, -0.2) is 27.5 Å². The highest BCUT2D eigenvalue weighted by molar-refractivity contribution is 5.88. The van der Waals surface area contributed by atoms with Crippen LogP contribution >= 0.6 is 0 Å². The first-order valence-corrected chi connectivity index (χ1v) is 6.96. The number of hydrogen-bond donors (Lipinski definition) is 1. The number of alkyl halides is 2. The first-order chi connectivity index (χ1) is 11.5. The van der Waals surface area contributed by atoms with Gasteiger partial charge in [0.2, 0.25) is 0 Å². The summed E-state index contributed by atoms with van der Waals surface area (Å²) in [5.74, 6) is -0.946. The van der Waals surface area contributed by atoms with E-state index in [0.717, 1.165) is 11.1 Å². The molecule has 7 heteroatoms. The average Bonchev–Trinajstić information content (AvgIpc) is 3.04. The van der Waals surface area contributed by atoms with Crippen LogP contribution in [0.1, 0.15) is 10.4 Å². The zero-order valence-electron chi connectivity index (χ0n) is 12.3. The number of rotatable bonds is 5. The first kappa shape index (κ1) is 15.7. The number of aromatic nitrogens is 2. The summed E-state index contributed by atoms with van der Waals surface area (Å²) in [5.41, 5.74) is 2.34. The van der Waals surface area contributed by atoms with Crippen LogP contribution in [0, 0.1) is 0 Å². The fourth-order valence-electron chi connectivity index (χ4n) is 2.22. The van der Waals surface area contributed by atoms with Crippen molar-refractivity contribution in [2.75, 3.05) is 0 Å². The quantitative estimate of drug-likeness (QED) is 0.772. The minimum absolute atomic E-state index is 0.0466. The van der Waals surface area contributed by atoms with Crippen molar-refractivity contribution in [2.45, 2.75) is 6.61 Å². The van der Waals surface area contributed by atoms with Gasteiger partial charge in [0.15, 0.2) is 0 Å². The van der Waals surface area contributed by atoms with Crippen LogP contribution in [0.4, 0.5) is 8.78 Å². The van der Waals surface area contributed by atoms with E-state index in [2.05, 4.69) is 9.84 Å². The van der Waals surface area contributed by atoms with Gasteiger partial charge in [-0.25, -0.2) is 9.48 Å². The van der Waals surface area contributed by atoms with Crippen molar-refractivity contribution in [1.82, 2.24) is 9.78 Å². The molecular weight excluding hydrogens is 318 g/mol. The molecule has 0 atom stereocenters. The van der Waals surface area contributed by atoms with Gasteiger partial charge < -0.3 is 9.84 Å². The van der Waals surface area contributed by atoms with Crippen molar-refractivity contribution < 1.29 is 23.4 Å². The third-order valence-electron chi connectivity index (χ3n) is 3.36. The van der Waals surface area contributed by atoms with Crippen molar-refractivity contribution in [1.29, 1.82) is 0 Å². The fraction of sp³-hybridized carbons (Fsp3) is 0.0588. The molecule has 24 heavy (non-hydrogen) atoms. The Labute approximate surface area is 135 Å². The monoisotopic (exact) mass is 330 g/mol. The number of aromatic carboxylic acids is 1. The van der Waals surface area contributed by atoms with E-state index in [9.17, 15) is 13.6 Å². The predicted octanol–water partition coefficient (Wildman–Crippen LogP) is 3.84. The molecule has 3 rings (SSSR count). The molecule has 0 unspecified atom stereocenters. The van der Waals surface area contributed by atoms with Crippen LogP contribution in [0.2, 0.25) is 0 Å². The van der Waals surface area contributed by atoms with Crippen LogP contribution in [0.15, 0.2) is 60.9 Å². The van der Waals surface area contributed by atoms with Crippen molar-refractivity contribution in [3.8, 4) is 22.6 Å². The molecule has 3 aromatic rings. The molecule has 0 bridgehead atoms. The average molecular weight is 330 g/mol. The summed E-state index contributed by atoms with van der Waals surface area (Å²) in [6.07, 6.45) is 3.33. The lowest BCUT2D eigenvalue weighted by atomic mass is 10.1. The number of ether oxygens (including phenoxy) is 1. The van der Waals surface area contributed by atoms with Gasteiger partial charge in [-0.3, -0.25) is 0 Å². The summed E-state index contributed by atoms with van der Waals surface area (Å²) in [7, 11) is 0. The molecule has 122 valence electrons. The molecule has 0 fully saturated rings. The Bertz CT molecular complexity index is 860. The van der Waals surface area contributed by atoms with Crippen molar-refractivity contribution in [2.24, 2.45) is 0 Å². The Morgan fingerprint density at radius 3 is 2.54 bits per heavy atom. The molecule has 0 aliphatic heterocycles. The van der Waals surface area contributed by atoms with Crippen LogP contribution in [-0.2, 0) is 0 Å². The molecule has 0 saturated heterocycles. The van der Waals surface area contributed by atoms with Crippen molar-refractivity contribution >= 4 is 5.97 Å². The number of hydrogen-bond acceptors (Lipinski definition) is 3. The lowest BCUT2D eigenvalue weighted by molar-refractivity contribution is -0.0498. The number of carboxylic acid groups (broad SMARTS) is 1. The molecule has 5 nitrogen and oxygen atoms in total. The van der Waals surface area contributed by atoms with Gasteiger partial charge in [0.1, 0.15) is 5.75 Å². The Morgan fingerprint density at radius 1 is 1.12 bits per heavy atom. The molecule has 1 N–H and O–H groups in total. The molecule has 0 saturated carbocycles. The maximum Gasteiger partial charge on any atom is 0.387 e. The van der Waals surface area contributed by atoms with Gasteiger partial charge in [-0.2, -0.15) is 13.9 Å². The molecule has 0 radical (unpaired) electrons. The Kier molecular flexibility index (Phi) is 4.24. The fourth-order valence-corrected chi connectivity index (χ4v) is 2.22. The maximum absolute atomic E-state index is 12.3. The predicted molar refractivity (Wildman–Crippen MR) is 82.6 cm³/mol. The van der Waals surface area contributed by atoms with E-state index >= 15 is 0 Å². The van der Waals surface area contributed by atoms with Crippen molar-refractivity contribution in [3.63, 3.8) is 0 Å². The second-order valence-electron chi connectivity index (χ2n) is 4.93. The minimum Gasteiger partial charge on any atom is -0.478 e. The normalized spacial score (nSPS) is 10.8. The van der Waals surface area contributed by atoms with E-state index in [1.165, 1.54) is 28.9 Å². The maximum atomic E-state index is 12.3. The summed E-state index contributed by atoms with van der Waals surface area (Å²) in [4.78, 5) is 10.9. The Morgan fingerprint density at radius 2 is 1.88 bits per heavy atom. The van der Waals surface area contributed by atoms with E-state index in [-0.39, 0.29) is 11.3 Å². The van der Waals surface area contributed by atoms with Gasteiger partial charge in [-0.1, -0.05) is 18.2 Å². The number of carboxylic acids is 1. The van der Waals surface area contributed by atoms with Crippen LogP contribution < -0.4 is 4.74 Å². The van der Waals surface area contributed by atoms with E-state index < -0.39 is 12.6 Å². The molecule has 0 aliphatic carbocycles. The van der Waals surface area contributed by atoms with Crippen molar-refractivity contribution in [3.05, 3.63) is 66.5 Å². The van der Waals surface area contributed by atoms with E-state index in [1.807, 2.05) is 0 Å². The smallest absolute Gasteiger partial charge is 0.387 e. The van der Waals surface area contributed by atoms with E-state index in [4.69, 9.17) is 5.11 Å². The third-order valence-corrected chi connectivity index (χ3v) is 3.36. The summed E-state index contributed by atoms with van der Waals surface area (Å²) < 4.78 is 30.5.